The molecular weight excluding hydrogens is 350 g/mol. The first-order valence-corrected chi connectivity index (χ1v) is 10.7. The van der Waals surface area contributed by atoms with Crippen molar-refractivity contribution < 1.29 is 17.9 Å². The number of benzene rings is 2. The van der Waals surface area contributed by atoms with Gasteiger partial charge in [-0.1, -0.05) is 12.1 Å². The molecule has 6 heteroatoms. The summed E-state index contributed by atoms with van der Waals surface area (Å²) in [6.07, 6.45) is 6.00. The third-order valence-corrected chi connectivity index (χ3v) is 5.78. The molecule has 2 aromatic carbocycles. The Hall–Kier alpha value is -2.21. The summed E-state index contributed by atoms with van der Waals surface area (Å²) in [6, 6.07) is 12.7. The summed E-state index contributed by atoms with van der Waals surface area (Å²) < 4.78 is 35.4. The molecule has 0 bridgehead atoms. The van der Waals surface area contributed by atoms with Gasteiger partial charge in [-0.2, -0.15) is 0 Å². The minimum Gasteiger partial charge on any atom is -0.497 e. The number of sulfone groups is 1. The average molecular weight is 375 g/mol. The largest absolute Gasteiger partial charge is 0.497 e. The Balaban J connectivity index is 1.81. The topological polar surface area (TPSA) is 64.6 Å². The lowest BCUT2D eigenvalue weighted by atomic mass is 10.1. The van der Waals surface area contributed by atoms with Crippen LogP contribution in [0.1, 0.15) is 31.2 Å². The lowest BCUT2D eigenvalue weighted by Crippen LogP contribution is -2.13. The lowest BCUT2D eigenvalue weighted by Gasteiger charge is -2.18. The molecule has 5 nitrogen and oxygen atoms in total. The zero-order chi connectivity index (χ0) is 18.6. The zero-order valence-corrected chi connectivity index (χ0v) is 16.0. The highest BCUT2D eigenvalue weighted by Crippen LogP contribution is 2.31. The number of anilines is 1. The molecule has 0 aliphatic heterocycles. The molecule has 0 radical (unpaired) electrons. The van der Waals surface area contributed by atoms with Crippen LogP contribution in [-0.2, 0) is 16.4 Å². The molecule has 1 N–H and O–H groups in total. The van der Waals surface area contributed by atoms with Gasteiger partial charge in [0.2, 0.25) is 0 Å². The van der Waals surface area contributed by atoms with Crippen LogP contribution >= 0.6 is 0 Å². The molecule has 140 valence electrons. The molecule has 1 fully saturated rings. The van der Waals surface area contributed by atoms with E-state index in [0.29, 0.717) is 17.1 Å². The summed E-state index contributed by atoms with van der Waals surface area (Å²) in [5.74, 6) is 1.54. The number of nitrogens with one attached hydrogen (secondary N) is 1. The van der Waals surface area contributed by atoms with E-state index >= 15 is 0 Å². The summed E-state index contributed by atoms with van der Waals surface area (Å²) in [6.45, 7) is 0.471. The van der Waals surface area contributed by atoms with E-state index in [9.17, 15) is 8.42 Å². The van der Waals surface area contributed by atoms with Gasteiger partial charge in [-0.15, -0.1) is 0 Å². The maximum absolute atomic E-state index is 12.0. The van der Waals surface area contributed by atoms with Crippen molar-refractivity contribution in [1.82, 2.24) is 0 Å². The molecule has 0 saturated heterocycles. The van der Waals surface area contributed by atoms with Crippen molar-refractivity contribution in [3.05, 3.63) is 48.0 Å². The van der Waals surface area contributed by atoms with E-state index in [4.69, 9.17) is 9.47 Å². The first-order chi connectivity index (χ1) is 12.5. The number of rotatable bonds is 7. The Morgan fingerprint density at radius 3 is 2.54 bits per heavy atom. The molecule has 0 atom stereocenters. The minimum atomic E-state index is -3.29. The summed E-state index contributed by atoms with van der Waals surface area (Å²) in [7, 11) is -1.66. The number of ether oxygens (including phenoxy) is 2. The highest BCUT2D eigenvalue weighted by atomic mass is 32.2. The SMILES string of the molecule is COc1ccc(CNc2ccccc2S(C)(=O)=O)c(OC2CCCC2)c1. The van der Waals surface area contributed by atoms with E-state index in [2.05, 4.69) is 5.32 Å². The molecule has 0 spiro atoms. The van der Waals surface area contributed by atoms with E-state index < -0.39 is 9.84 Å². The quantitative estimate of drug-likeness (QED) is 0.791. The fraction of sp³-hybridized carbons (Fsp3) is 0.400. The van der Waals surface area contributed by atoms with Gasteiger partial charge in [-0.05, 0) is 49.9 Å². The molecule has 26 heavy (non-hydrogen) atoms. The number of methoxy groups -OCH3 is 1. The minimum absolute atomic E-state index is 0.240. The van der Waals surface area contributed by atoms with Crippen LogP contribution in [0.5, 0.6) is 11.5 Å². The third kappa shape index (κ3) is 4.49. The summed E-state index contributed by atoms with van der Waals surface area (Å²) in [5, 5.41) is 3.24. The van der Waals surface area contributed by atoms with Crippen LogP contribution in [-0.4, -0.2) is 27.9 Å². The Bertz CT molecular complexity index is 858. The molecule has 3 rings (SSSR count). The van der Waals surface area contributed by atoms with E-state index in [0.717, 1.165) is 29.9 Å². The normalized spacial score (nSPS) is 15.0. The van der Waals surface area contributed by atoms with Gasteiger partial charge in [0.25, 0.3) is 0 Å². The van der Waals surface area contributed by atoms with E-state index in [-0.39, 0.29) is 6.10 Å². The van der Waals surface area contributed by atoms with Crippen molar-refractivity contribution in [2.45, 2.75) is 43.2 Å². The fourth-order valence-corrected chi connectivity index (χ4v) is 4.10. The van der Waals surface area contributed by atoms with Gasteiger partial charge in [-0.3, -0.25) is 0 Å². The van der Waals surface area contributed by atoms with Crippen molar-refractivity contribution in [3.8, 4) is 11.5 Å². The van der Waals surface area contributed by atoms with Gasteiger partial charge in [0.15, 0.2) is 9.84 Å². The second-order valence-electron chi connectivity index (χ2n) is 6.62. The molecule has 0 heterocycles. The predicted molar refractivity (Wildman–Crippen MR) is 103 cm³/mol. The Morgan fingerprint density at radius 1 is 1.12 bits per heavy atom. The van der Waals surface area contributed by atoms with Crippen molar-refractivity contribution in [1.29, 1.82) is 0 Å². The molecule has 1 aliphatic carbocycles. The van der Waals surface area contributed by atoms with Crippen LogP contribution < -0.4 is 14.8 Å². The summed E-state index contributed by atoms with van der Waals surface area (Å²) >= 11 is 0. The smallest absolute Gasteiger partial charge is 0.177 e. The van der Waals surface area contributed by atoms with Crippen LogP contribution in [0.3, 0.4) is 0 Å². The van der Waals surface area contributed by atoms with E-state index in [1.165, 1.54) is 19.1 Å². The van der Waals surface area contributed by atoms with Gasteiger partial charge in [-0.25, -0.2) is 8.42 Å². The predicted octanol–water partition coefficient (Wildman–Crippen LogP) is 4.03. The highest BCUT2D eigenvalue weighted by molar-refractivity contribution is 7.90. The van der Waals surface area contributed by atoms with Crippen LogP contribution in [0.15, 0.2) is 47.4 Å². The van der Waals surface area contributed by atoms with E-state index in [1.54, 1.807) is 25.3 Å². The summed E-state index contributed by atoms with van der Waals surface area (Å²) in [4.78, 5) is 0.298. The van der Waals surface area contributed by atoms with E-state index in [1.807, 2.05) is 24.3 Å². The number of para-hydroxylation sites is 1. The van der Waals surface area contributed by atoms with Crippen LogP contribution in [0, 0.1) is 0 Å². The second kappa shape index (κ2) is 7.99. The number of hydrogen-bond donors (Lipinski definition) is 1. The van der Waals surface area contributed by atoms with Gasteiger partial charge in [0.05, 0.1) is 23.8 Å². The van der Waals surface area contributed by atoms with Crippen LogP contribution in [0.4, 0.5) is 5.69 Å². The Kier molecular flexibility index (Phi) is 5.71. The first kappa shape index (κ1) is 18.6. The first-order valence-electron chi connectivity index (χ1n) is 8.84. The fourth-order valence-electron chi connectivity index (χ4n) is 3.23. The standard InChI is InChI=1S/C20H25NO4S/c1-24-17-12-11-15(19(13-17)25-16-7-3-4-8-16)14-21-18-9-5-6-10-20(18)26(2,22)23/h5-6,9-13,16,21H,3-4,7-8,14H2,1-2H3. The van der Waals surface area contributed by atoms with Gasteiger partial charge >= 0.3 is 0 Å². The zero-order valence-electron chi connectivity index (χ0n) is 15.2. The lowest BCUT2D eigenvalue weighted by molar-refractivity contribution is 0.207. The second-order valence-corrected chi connectivity index (χ2v) is 8.60. The van der Waals surface area contributed by atoms with Crippen molar-refractivity contribution in [3.63, 3.8) is 0 Å². The van der Waals surface area contributed by atoms with Crippen molar-refractivity contribution in [2.75, 3.05) is 18.7 Å². The number of hydrogen-bond acceptors (Lipinski definition) is 5. The van der Waals surface area contributed by atoms with Crippen molar-refractivity contribution >= 4 is 15.5 Å². The Morgan fingerprint density at radius 2 is 1.85 bits per heavy atom. The maximum Gasteiger partial charge on any atom is 0.177 e. The molecule has 1 saturated carbocycles. The summed E-state index contributed by atoms with van der Waals surface area (Å²) in [5.41, 5.74) is 1.57. The average Bonchev–Trinajstić information content (AvgIpc) is 3.13. The molecule has 0 amide bonds. The van der Waals surface area contributed by atoms with Crippen molar-refractivity contribution in [2.24, 2.45) is 0 Å². The molecular formula is C20H25NO4S. The van der Waals surface area contributed by atoms with Gasteiger partial charge < -0.3 is 14.8 Å². The van der Waals surface area contributed by atoms with Gasteiger partial charge in [0.1, 0.15) is 11.5 Å². The third-order valence-electron chi connectivity index (χ3n) is 4.63. The maximum atomic E-state index is 12.0. The monoisotopic (exact) mass is 375 g/mol. The molecule has 2 aromatic rings. The van der Waals surface area contributed by atoms with Gasteiger partial charge in [0, 0.05) is 24.4 Å². The molecule has 1 aliphatic rings. The Labute approximate surface area is 155 Å². The highest BCUT2D eigenvalue weighted by Gasteiger charge is 2.19. The molecule has 0 unspecified atom stereocenters. The van der Waals surface area contributed by atoms with Crippen LogP contribution in [0.2, 0.25) is 0 Å². The molecule has 0 aromatic heterocycles. The van der Waals surface area contributed by atoms with Crippen LogP contribution in [0.25, 0.3) is 0 Å².